The Labute approximate surface area is 152 Å². The second kappa shape index (κ2) is 9.87. The fourth-order valence-electron chi connectivity index (χ4n) is 2.42. The number of aromatic nitrogens is 2. The largest absolute Gasteiger partial charge is 0.339 e. The number of rotatable bonds is 6. The molecule has 24 heavy (non-hydrogen) atoms. The van der Waals surface area contributed by atoms with Gasteiger partial charge < -0.3 is 10.6 Å². The van der Waals surface area contributed by atoms with Crippen molar-refractivity contribution in [1.29, 1.82) is 0 Å². The van der Waals surface area contributed by atoms with Crippen LogP contribution in [0.4, 0.5) is 5.13 Å². The number of nitrogens with one attached hydrogen (secondary N) is 1. The highest BCUT2D eigenvalue weighted by Gasteiger charge is 2.28. The smallest absolute Gasteiger partial charge is 0.240 e. The number of hydrogen-bond acceptors (Lipinski definition) is 7. The van der Waals surface area contributed by atoms with Crippen LogP contribution in [0.3, 0.4) is 0 Å². The molecule has 1 saturated heterocycles. The molecule has 1 aliphatic rings. The Morgan fingerprint density at radius 1 is 1.38 bits per heavy atom. The van der Waals surface area contributed by atoms with Crippen LogP contribution in [-0.4, -0.2) is 70.6 Å². The molecule has 1 aliphatic heterocycles. The average molecular weight is 377 g/mol. The van der Waals surface area contributed by atoms with Gasteiger partial charge in [-0.15, -0.1) is 22.6 Å². The highest BCUT2D eigenvalue weighted by atomic mass is 35.5. The van der Waals surface area contributed by atoms with Crippen molar-refractivity contribution in [3.63, 3.8) is 0 Å². The first-order valence-corrected chi connectivity index (χ1v) is 8.72. The van der Waals surface area contributed by atoms with Gasteiger partial charge in [0.2, 0.25) is 16.9 Å². The number of hydrogen-bond donors (Lipinski definition) is 2. The number of carbonyl (C=O) groups excluding carboxylic acids is 2. The monoisotopic (exact) mass is 376 g/mol. The van der Waals surface area contributed by atoms with Crippen LogP contribution in [-0.2, 0) is 9.59 Å². The van der Waals surface area contributed by atoms with E-state index in [1.807, 2.05) is 18.7 Å². The number of nitrogens with zero attached hydrogens (tertiary/aromatic N) is 4. The molecule has 2 amide bonds. The number of halogens is 1. The predicted octanol–water partition coefficient (Wildman–Crippen LogP) is 0.416. The van der Waals surface area contributed by atoms with Crippen LogP contribution in [0.15, 0.2) is 5.51 Å². The van der Waals surface area contributed by atoms with Gasteiger partial charge in [0.1, 0.15) is 5.51 Å². The first-order chi connectivity index (χ1) is 11.0. The summed E-state index contributed by atoms with van der Waals surface area (Å²) >= 11 is 1.29. The van der Waals surface area contributed by atoms with Crippen molar-refractivity contribution in [2.75, 3.05) is 38.0 Å². The number of carbonyl (C=O) groups is 2. The van der Waals surface area contributed by atoms with Crippen molar-refractivity contribution >= 4 is 40.7 Å². The molecule has 136 valence electrons. The maximum absolute atomic E-state index is 12.3. The zero-order chi connectivity index (χ0) is 16.8. The molecule has 0 bridgehead atoms. The van der Waals surface area contributed by atoms with Gasteiger partial charge >= 0.3 is 0 Å². The lowest BCUT2D eigenvalue weighted by molar-refractivity contribution is -0.135. The van der Waals surface area contributed by atoms with Gasteiger partial charge in [-0.1, -0.05) is 31.6 Å². The maximum Gasteiger partial charge on any atom is 0.240 e. The minimum absolute atomic E-state index is 0. The maximum atomic E-state index is 12.3. The van der Waals surface area contributed by atoms with E-state index < -0.39 is 6.04 Å². The predicted molar refractivity (Wildman–Crippen MR) is 96.2 cm³/mol. The van der Waals surface area contributed by atoms with Gasteiger partial charge in [-0.05, 0) is 5.92 Å². The van der Waals surface area contributed by atoms with Crippen LogP contribution in [0, 0.1) is 5.92 Å². The van der Waals surface area contributed by atoms with Gasteiger partial charge in [-0.2, -0.15) is 0 Å². The molecule has 1 fully saturated rings. The molecule has 3 N–H and O–H groups in total. The van der Waals surface area contributed by atoms with Gasteiger partial charge in [0.25, 0.3) is 0 Å². The van der Waals surface area contributed by atoms with E-state index >= 15 is 0 Å². The molecule has 1 aromatic rings. The number of amides is 2. The molecule has 0 spiro atoms. The molecule has 2 heterocycles. The molecular formula is C14H25ClN6O2S. The third-order valence-electron chi connectivity index (χ3n) is 4.20. The van der Waals surface area contributed by atoms with Gasteiger partial charge in [0, 0.05) is 26.2 Å². The summed E-state index contributed by atoms with van der Waals surface area (Å²) in [6, 6.07) is -0.438. The zero-order valence-electron chi connectivity index (χ0n) is 14.0. The average Bonchev–Trinajstić information content (AvgIpc) is 3.06. The van der Waals surface area contributed by atoms with Crippen molar-refractivity contribution in [2.45, 2.75) is 26.3 Å². The Kier molecular flexibility index (Phi) is 8.54. The van der Waals surface area contributed by atoms with Crippen molar-refractivity contribution in [3.8, 4) is 0 Å². The molecule has 0 aliphatic carbocycles. The molecule has 2 rings (SSSR count). The fraction of sp³-hybridized carbons (Fsp3) is 0.714. The van der Waals surface area contributed by atoms with Gasteiger partial charge in [-0.25, -0.2) is 0 Å². The second-order valence-corrected chi connectivity index (χ2v) is 6.64. The summed E-state index contributed by atoms with van der Waals surface area (Å²) in [5.41, 5.74) is 7.58. The van der Waals surface area contributed by atoms with Gasteiger partial charge in [0.05, 0.1) is 12.6 Å². The summed E-state index contributed by atoms with van der Waals surface area (Å²) in [6.45, 7) is 6.87. The number of anilines is 1. The Bertz CT molecular complexity index is 521. The summed E-state index contributed by atoms with van der Waals surface area (Å²) in [7, 11) is 0. The highest BCUT2D eigenvalue weighted by molar-refractivity contribution is 7.13. The van der Waals surface area contributed by atoms with E-state index in [2.05, 4.69) is 15.5 Å². The molecule has 0 radical (unpaired) electrons. The summed E-state index contributed by atoms with van der Waals surface area (Å²) in [6.07, 6.45) is 0.888. The molecular weight excluding hydrogens is 352 g/mol. The third kappa shape index (κ3) is 5.66. The third-order valence-corrected chi connectivity index (χ3v) is 4.81. The Morgan fingerprint density at radius 3 is 2.58 bits per heavy atom. The van der Waals surface area contributed by atoms with Crippen LogP contribution in [0.5, 0.6) is 0 Å². The van der Waals surface area contributed by atoms with E-state index in [0.717, 1.165) is 6.42 Å². The minimum atomic E-state index is -0.438. The van der Waals surface area contributed by atoms with E-state index in [-0.39, 0.29) is 30.1 Å². The van der Waals surface area contributed by atoms with Crippen LogP contribution in [0.1, 0.15) is 20.3 Å². The SMILES string of the molecule is CCC(C)C(N)C(=O)N1CCN(CC(=O)Nc2nncs2)CC1.Cl. The molecule has 0 aromatic carbocycles. The molecule has 1 aromatic heterocycles. The fourth-order valence-corrected chi connectivity index (χ4v) is 2.89. The van der Waals surface area contributed by atoms with E-state index in [9.17, 15) is 9.59 Å². The molecule has 2 unspecified atom stereocenters. The lowest BCUT2D eigenvalue weighted by Gasteiger charge is -2.36. The summed E-state index contributed by atoms with van der Waals surface area (Å²) in [5.74, 6) is 0.0772. The molecule has 2 atom stereocenters. The van der Waals surface area contributed by atoms with Crippen molar-refractivity contribution in [1.82, 2.24) is 20.0 Å². The summed E-state index contributed by atoms with van der Waals surface area (Å²) < 4.78 is 0. The lowest BCUT2D eigenvalue weighted by atomic mass is 9.98. The van der Waals surface area contributed by atoms with Crippen molar-refractivity contribution < 1.29 is 9.59 Å². The van der Waals surface area contributed by atoms with E-state index in [0.29, 0.717) is 37.9 Å². The normalized spacial score (nSPS) is 17.7. The van der Waals surface area contributed by atoms with Crippen LogP contribution in [0.25, 0.3) is 0 Å². The van der Waals surface area contributed by atoms with Crippen molar-refractivity contribution in [3.05, 3.63) is 5.51 Å². The summed E-state index contributed by atoms with van der Waals surface area (Å²) in [4.78, 5) is 28.1. The molecule has 8 nitrogen and oxygen atoms in total. The van der Waals surface area contributed by atoms with Crippen molar-refractivity contribution in [2.24, 2.45) is 11.7 Å². The Morgan fingerprint density at radius 2 is 2.04 bits per heavy atom. The van der Waals surface area contributed by atoms with E-state index in [1.54, 1.807) is 10.4 Å². The number of nitrogens with two attached hydrogens (primary N) is 1. The highest BCUT2D eigenvalue weighted by Crippen LogP contribution is 2.11. The van der Waals surface area contributed by atoms with Gasteiger partial charge in [-0.3, -0.25) is 19.8 Å². The Balaban J connectivity index is 0.00000288. The topological polar surface area (TPSA) is 104 Å². The second-order valence-electron chi connectivity index (χ2n) is 5.80. The minimum Gasteiger partial charge on any atom is -0.339 e. The molecule has 0 saturated carbocycles. The van der Waals surface area contributed by atoms with Crippen LogP contribution in [0.2, 0.25) is 0 Å². The van der Waals surface area contributed by atoms with Crippen LogP contribution < -0.4 is 11.1 Å². The first-order valence-electron chi connectivity index (χ1n) is 7.84. The lowest BCUT2D eigenvalue weighted by Crippen LogP contribution is -2.55. The molecule has 10 heteroatoms. The van der Waals surface area contributed by atoms with Crippen LogP contribution >= 0.6 is 23.7 Å². The standard InChI is InChI=1S/C14H24N6O2S.ClH/c1-3-10(2)12(15)13(22)20-6-4-19(5-7-20)8-11(21)17-14-18-16-9-23-14;/h9-10,12H,3-8,15H2,1-2H3,(H,17,18,21);1H. The van der Waals surface area contributed by atoms with E-state index in [4.69, 9.17) is 5.73 Å². The van der Waals surface area contributed by atoms with Gasteiger partial charge in [0.15, 0.2) is 0 Å². The number of piperazine rings is 1. The zero-order valence-corrected chi connectivity index (χ0v) is 15.6. The Hall–Kier alpha value is -1.29. The first kappa shape index (κ1) is 20.8. The quantitative estimate of drug-likeness (QED) is 0.745. The summed E-state index contributed by atoms with van der Waals surface area (Å²) in [5, 5.41) is 10.7. The van der Waals surface area contributed by atoms with E-state index in [1.165, 1.54) is 11.3 Å².